The van der Waals surface area contributed by atoms with Gasteiger partial charge in [0.1, 0.15) is 10.2 Å². The quantitative estimate of drug-likeness (QED) is 0.448. The molecule has 0 aliphatic rings. The molecule has 0 bridgehead atoms. The zero-order chi connectivity index (χ0) is 15.4. The summed E-state index contributed by atoms with van der Waals surface area (Å²) in [4.78, 5) is 22.3. The summed E-state index contributed by atoms with van der Waals surface area (Å²) in [5, 5.41) is 11.2. The van der Waals surface area contributed by atoms with Gasteiger partial charge in [-0.3, -0.25) is 14.9 Å². The summed E-state index contributed by atoms with van der Waals surface area (Å²) < 4.78 is 5.54. The largest absolute Gasteiger partial charge is 0.484 e. The average molecular weight is 371 g/mol. The molecule has 0 spiro atoms. The Labute approximate surface area is 133 Å². The van der Waals surface area contributed by atoms with Crippen LogP contribution in [-0.4, -0.2) is 17.3 Å². The van der Waals surface area contributed by atoms with E-state index in [-0.39, 0.29) is 28.3 Å². The van der Waals surface area contributed by atoms with Gasteiger partial charge >= 0.3 is 0 Å². The number of ketones is 1. The van der Waals surface area contributed by atoms with Crippen LogP contribution in [0.1, 0.15) is 10.4 Å². The number of Topliss-reactive ketones (excluding diaryl/α,β-unsaturated/α-hetero) is 1. The molecule has 2 aromatic rings. The van der Waals surface area contributed by atoms with Crippen LogP contribution >= 0.6 is 27.5 Å². The van der Waals surface area contributed by atoms with Gasteiger partial charge in [0.15, 0.2) is 6.61 Å². The number of ether oxygens (including phenoxy) is 1. The van der Waals surface area contributed by atoms with Gasteiger partial charge in [-0.15, -0.1) is 0 Å². The Balaban J connectivity index is 2.14. The van der Waals surface area contributed by atoms with Crippen molar-refractivity contribution >= 4 is 39.0 Å². The van der Waals surface area contributed by atoms with E-state index in [4.69, 9.17) is 16.3 Å². The third-order valence-corrected chi connectivity index (χ3v) is 3.80. The first-order valence-corrected chi connectivity index (χ1v) is 7.01. The molecule has 7 heteroatoms. The van der Waals surface area contributed by atoms with Crippen molar-refractivity contribution in [2.45, 2.75) is 0 Å². The van der Waals surface area contributed by atoms with Gasteiger partial charge in [0.05, 0.1) is 9.95 Å². The standard InChI is InChI=1S/C14H9BrClNO4/c15-14-11(17(19)20)6-3-7-13(14)21-8-12(18)9-4-1-2-5-10(9)16/h1-7H,8H2. The lowest BCUT2D eigenvalue weighted by Crippen LogP contribution is -2.12. The van der Waals surface area contributed by atoms with Crippen molar-refractivity contribution in [3.8, 4) is 5.75 Å². The molecule has 0 aliphatic heterocycles. The minimum absolute atomic E-state index is 0.127. The van der Waals surface area contributed by atoms with Crippen molar-refractivity contribution in [3.63, 3.8) is 0 Å². The lowest BCUT2D eigenvalue weighted by Gasteiger charge is -2.08. The first-order valence-electron chi connectivity index (χ1n) is 5.84. The van der Waals surface area contributed by atoms with E-state index in [9.17, 15) is 14.9 Å². The van der Waals surface area contributed by atoms with Crippen LogP contribution in [0.3, 0.4) is 0 Å². The lowest BCUT2D eigenvalue weighted by molar-refractivity contribution is -0.385. The highest BCUT2D eigenvalue weighted by Gasteiger charge is 2.17. The maximum atomic E-state index is 12.0. The second kappa shape index (κ2) is 6.69. The van der Waals surface area contributed by atoms with Crippen LogP contribution in [0.5, 0.6) is 5.75 Å². The second-order valence-electron chi connectivity index (χ2n) is 4.04. The molecular weight excluding hydrogens is 362 g/mol. The van der Waals surface area contributed by atoms with Crippen LogP contribution in [-0.2, 0) is 0 Å². The first-order chi connectivity index (χ1) is 10.0. The van der Waals surface area contributed by atoms with Crippen LogP contribution in [0, 0.1) is 10.1 Å². The molecule has 2 aromatic carbocycles. The topological polar surface area (TPSA) is 69.4 Å². The number of hydrogen-bond acceptors (Lipinski definition) is 4. The fourth-order valence-electron chi connectivity index (χ4n) is 1.66. The van der Waals surface area contributed by atoms with Crippen molar-refractivity contribution in [2.75, 3.05) is 6.61 Å². The van der Waals surface area contributed by atoms with Crippen LogP contribution < -0.4 is 4.74 Å². The van der Waals surface area contributed by atoms with Crippen molar-refractivity contribution in [1.82, 2.24) is 0 Å². The SMILES string of the molecule is O=C(COc1cccc([N+](=O)[O-])c1Br)c1ccccc1Cl. The van der Waals surface area contributed by atoms with Crippen molar-refractivity contribution in [1.29, 1.82) is 0 Å². The van der Waals surface area contributed by atoms with Gasteiger partial charge in [-0.1, -0.05) is 29.8 Å². The monoisotopic (exact) mass is 369 g/mol. The number of rotatable bonds is 5. The van der Waals surface area contributed by atoms with E-state index < -0.39 is 4.92 Å². The number of carbonyl (C=O) groups is 1. The van der Waals surface area contributed by atoms with Crippen LogP contribution in [0.2, 0.25) is 5.02 Å². The van der Waals surface area contributed by atoms with E-state index in [0.29, 0.717) is 10.6 Å². The molecule has 5 nitrogen and oxygen atoms in total. The number of carbonyl (C=O) groups excluding carboxylic acids is 1. The fourth-order valence-corrected chi connectivity index (χ4v) is 2.42. The first kappa shape index (κ1) is 15.5. The number of nitro benzene ring substituents is 1. The molecule has 0 saturated heterocycles. The number of hydrogen-bond donors (Lipinski definition) is 0. The highest BCUT2D eigenvalue weighted by Crippen LogP contribution is 2.33. The van der Waals surface area contributed by atoms with Crippen LogP contribution in [0.25, 0.3) is 0 Å². The third-order valence-electron chi connectivity index (χ3n) is 2.67. The van der Waals surface area contributed by atoms with Crippen LogP contribution in [0.4, 0.5) is 5.69 Å². The van der Waals surface area contributed by atoms with Gasteiger partial charge in [-0.2, -0.15) is 0 Å². The van der Waals surface area contributed by atoms with E-state index in [1.165, 1.54) is 18.2 Å². The molecule has 0 aliphatic carbocycles. The van der Waals surface area contributed by atoms with Crippen LogP contribution in [0.15, 0.2) is 46.9 Å². The van der Waals surface area contributed by atoms with Gasteiger partial charge in [0.2, 0.25) is 5.78 Å². The molecule has 0 amide bonds. The molecule has 0 atom stereocenters. The van der Waals surface area contributed by atoms with Crippen molar-refractivity contribution in [2.24, 2.45) is 0 Å². The number of nitro groups is 1. The smallest absolute Gasteiger partial charge is 0.287 e. The predicted molar refractivity (Wildman–Crippen MR) is 82.1 cm³/mol. The van der Waals surface area contributed by atoms with E-state index in [1.807, 2.05) is 0 Å². The highest BCUT2D eigenvalue weighted by molar-refractivity contribution is 9.10. The van der Waals surface area contributed by atoms with E-state index in [2.05, 4.69) is 15.9 Å². The molecular formula is C14H9BrClNO4. The molecule has 0 N–H and O–H groups in total. The zero-order valence-electron chi connectivity index (χ0n) is 10.6. The zero-order valence-corrected chi connectivity index (χ0v) is 12.9. The number of benzene rings is 2. The number of halogens is 2. The maximum Gasteiger partial charge on any atom is 0.287 e. The Hall–Kier alpha value is -1.92. The van der Waals surface area contributed by atoms with E-state index in [0.717, 1.165) is 0 Å². The molecule has 0 unspecified atom stereocenters. The van der Waals surface area contributed by atoms with Gasteiger partial charge in [0, 0.05) is 11.6 Å². The van der Waals surface area contributed by atoms with E-state index in [1.54, 1.807) is 24.3 Å². The Kier molecular flexibility index (Phi) is 4.93. The van der Waals surface area contributed by atoms with Gasteiger partial charge < -0.3 is 4.74 Å². The molecule has 0 heterocycles. The Morgan fingerprint density at radius 2 is 1.95 bits per heavy atom. The van der Waals surface area contributed by atoms with Gasteiger partial charge in [-0.25, -0.2) is 0 Å². The summed E-state index contributed by atoms with van der Waals surface area (Å²) in [5.74, 6) is -0.0800. The van der Waals surface area contributed by atoms with Crippen molar-refractivity contribution in [3.05, 3.63) is 67.6 Å². The Morgan fingerprint density at radius 3 is 2.62 bits per heavy atom. The normalized spacial score (nSPS) is 10.2. The summed E-state index contributed by atoms with van der Waals surface area (Å²) >= 11 is 9.02. The second-order valence-corrected chi connectivity index (χ2v) is 5.24. The van der Waals surface area contributed by atoms with Gasteiger partial charge in [0.25, 0.3) is 5.69 Å². The summed E-state index contributed by atoms with van der Waals surface area (Å²) in [6, 6.07) is 11.0. The molecule has 2 rings (SSSR count). The minimum Gasteiger partial charge on any atom is -0.484 e. The average Bonchev–Trinajstić information content (AvgIpc) is 2.46. The lowest BCUT2D eigenvalue weighted by atomic mass is 10.1. The molecule has 21 heavy (non-hydrogen) atoms. The molecule has 0 aromatic heterocycles. The molecule has 0 saturated carbocycles. The Bertz CT molecular complexity index is 705. The summed E-state index contributed by atoms with van der Waals surface area (Å²) in [5.41, 5.74) is 0.221. The van der Waals surface area contributed by atoms with E-state index >= 15 is 0 Å². The Morgan fingerprint density at radius 1 is 1.24 bits per heavy atom. The predicted octanol–water partition coefficient (Wildman–Crippen LogP) is 4.27. The summed E-state index contributed by atoms with van der Waals surface area (Å²) in [6.07, 6.45) is 0. The van der Waals surface area contributed by atoms with Gasteiger partial charge in [-0.05, 0) is 34.1 Å². The van der Waals surface area contributed by atoms with Crippen molar-refractivity contribution < 1.29 is 14.5 Å². The maximum absolute atomic E-state index is 12.0. The molecule has 0 radical (unpaired) electrons. The minimum atomic E-state index is -0.535. The third kappa shape index (κ3) is 3.59. The number of nitrogens with zero attached hydrogens (tertiary/aromatic N) is 1. The summed E-state index contributed by atoms with van der Waals surface area (Å²) in [7, 11) is 0. The molecule has 0 fully saturated rings. The fraction of sp³-hybridized carbons (Fsp3) is 0.0714. The highest BCUT2D eigenvalue weighted by atomic mass is 79.9. The summed E-state index contributed by atoms with van der Waals surface area (Å²) in [6.45, 7) is -0.260. The molecule has 108 valence electrons.